The molecule has 0 N–H and O–H groups in total. The summed E-state index contributed by atoms with van der Waals surface area (Å²) in [5.74, 6) is -0.768. The summed E-state index contributed by atoms with van der Waals surface area (Å²) in [6, 6.07) is 1.67. The summed E-state index contributed by atoms with van der Waals surface area (Å²) < 4.78 is 39.1. The lowest BCUT2D eigenvalue weighted by atomic mass is 10.2. The summed E-state index contributed by atoms with van der Waals surface area (Å²) >= 11 is 0. The molecule has 0 unspecified atom stereocenters. The molecule has 1 aliphatic heterocycles. The van der Waals surface area contributed by atoms with E-state index >= 15 is 0 Å². The molecule has 0 radical (unpaired) electrons. The Labute approximate surface area is 125 Å². The number of hydrogen-bond donors (Lipinski definition) is 0. The van der Waals surface area contributed by atoms with Crippen molar-refractivity contribution in [2.45, 2.75) is 12.6 Å². The van der Waals surface area contributed by atoms with Gasteiger partial charge in [0.15, 0.2) is 0 Å². The number of fused-ring (bicyclic) bond motifs is 1. The molecule has 8 heteroatoms. The van der Waals surface area contributed by atoms with Crippen LogP contribution in [0.1, 0.15) is 12.2 Å². The fourth-order valence-corrected chi connectivity index (χ4v) is 2.59. The summed E-state index contributed by atoms with van der Waals surface area (Å²) in [4.78, 5) is 15.3. The number of hydrogen-bond acceptors (Lipinski definition) is 5. The zero-order valence-corrected chi connectivity index (χ0v) is 12.1. The molecule has 5 nitrogen and oxygen atoms in total. The molecule has 1 aliphatic rings. The van der Waals surface area contributed by atoms with Gasteiger partial charge in [0.1, 0.15) is 5.82 Å². The van der Waals surface area contributed by atoms with E-state index in [1.807, 2.05) is 11.9 Å². The average molecular weight is 311 g/mol. The third-order valence-corrected chi connectivity index (χ3v) is 3.75. The standard InChI is InChI=1S/C14H16F3N5/c1-21-5-2-6-22(8-7-21)12-10-3-4-18-9-11(10)19-13(20-12)14(15,16)17/h3-4,9H,2,5-8H2,1H3. The molecule has 2 aromatic heterocycles. The van der Waals surface area contributed by atoms with E-state index in [1.54, 1.807) is 12.3 Å². The number of anilines is 1. The average Bonchev–Trinajstić information content (AvgIpc) is 2.70. The van der Waals surface area contributed by atoms with Crippen LogP contribution in [0.25, 0.3) is 10.9 Å². The monoisotopic (exact) mass is 311 g/mol. The van der Waals surface area contributed by atoms with Gasteiger partial charge in [-0.15, -0.1) is 0 Å². The van der Waals surface area contributed by atoms with Crippen LogP contribution in [0.5, 0.6) is 0 Å². The zero-order chi connectivity index (χ0) is 15.7. The molecule has 3 rings (SSSR count). The maximum Gasteiger partial charge on any atom is 0.451 e. The number of likely N-dealkylation sites (N-methyl/N-ethyl adjacent to an activating group) is 1. The number of alkyl halides is 3. The van der Waals surface area contributed by atoms with Crippen molar-refractivity contribution < 1.29 is 13.2 Å². The third-order valence-electron chi connectivity index (χ3n) is 3.75. The van der Waals surface area contributed by atoms with Crippen LogP contribution in [0.2, 0.25) is 0 Å². The van der Waals surface area contributed by atoms with Gasteiger partial charge in [0.2, 0.25) is 5.82 Å². The van der Waals surface area contributed by atoms with Crippen LogP contribution in [0.15, 0.2) is 18.5 Å². The summed E-state index contributed by atoms with van der Waals surface area (Å²) in [5.41, 5.74) is 0.220. The molecule has 0 bridgehead atoms. The molecule has 118 valence electrons. The van der Waals surface area contributed by atoms with Gasteiger partial charge in [-0.3, -0.25) is 4.98 Å². The molecular formula is C14H16F3N5. The van der Waals surface area contributed by atoms with Gasteiger partial charge >= 0.3 is 6.18 Å². The van der Waals surface area contributed by atoms with Crippen molar-refractivity contribution in [3.63, 3.8) is 0 Å². The number of halogens is 3. The van der Waals surface area contributed by atoms with Crippen molar-refractivity contribution in [2.75, 3.05) is 38.1 Å². The lowest BCUT2D eigenvalue weighted by Crippen LogP contribution is -2.30. The van der Waals surface area contributed by atoms with Crippen molar-refractivity contribution >= 4 is 16.7 Å². The van der Waals surface area contributed by atoms with Crippen molar-refractivity contribution in [3.05, 3.63) is 24.3 Å². The van der Waals surface area contributed by atoms with Crippen molar-refractivity contribution in [1.29, 1.82) is 0 Å². The Morgan fingerprint density at radius 3 is 2.68 bits per heavy atom. The molecule has 1 saturated heterocycles. The normalized spacial score (nSPS) is 17.7. The molecule has 0 atom stereocenters. The van der Waals surface area contributed by atoms with Crippen LogP contribution >= 0.6 is 0 Å². The Bertz CT molecular complexity index is 673. The summed E-state index contributed by atoms with van der Waals surface area (Å²) in [5, 5.41) is 0.604. The summed E-state index contributed by atoms with van der Waals surface area (Å²) in [7, 11) is 2.01. The first-order valence-corrected chi connectivity index (χ1v) is 7.07. The van der Waals surface area contributed by atoms with Crippen LogP contribution < -0.4 is 4.90 Å². The van der Waals surface area contributed by atoms with E-state index in [0.29, 0.717) is 24.3 Å². The molecule has 0 saturated carbocycles. The Morgan fingerprint density at radius 1 is 1.09 bits per heavy atom. The Balaban J connectivity index is 2.10. The summed E-state index contributed by atoms with van der Waals surface area (Å²) in [6.45, 7) is 3.03. The molecule has 0 spiro atoms. The first kappa shape index (κ1) is 15.0. The van der Waals surface area contributed by atoms with E-state index in [2.05, 4.69) is 19.9 Å². The van der Waals surface area contributed by atoms with Gasteiger partial charge in [0.25, 0.3) is 0 Å². The molecule has 2 aromatic rings. The molecule has 0 aromatic carbocycles. The minimum Gasteiger partial charge on any atom is -0.355 e. The summed E-state index contributed by atoms with van der Waals surface area (Å²) in [6.07, 6.45) is -0.790. The van der Waals surface area contributed by atoms with E-state index in [-0.39, 0.29) is 5.52 Å². The van der Waals surface area contributed by atoms with Crippen LogP contribution in [0, 0.1) is 0 Å². The zero-order valence-electron chi connectivity index (χ0n) is 12.1. The van der Waals surface area contributed by atoms with Crippen LogP contribution in [-0.4, -0.2) is 53.1 Å². The highest BCUT2D eigenvalue weighted by Crippen LogP contribution is 2.31. The highest BCUT2D eigenvalue weighted by Gasteiger charge is 2.36. The third kappa shape index (κ3) is 2.96. The van der Waals surface area contributed by atoms with Crippen LogP contribution in [-0.2, 0) is 6.18 Å². The van der Waals surface area contributed by atoms with Gasteiger partial charge in [0, 0.05) is 31.2 Å². The Hall–Kier alpha value is -1.96. The van der Waals surface area contributed by atoms with Gasteiger partial charge in [-0.05, 0) is 26.1 Å². The fraction of sp³-hybridized carbons (Fsp3) is 0.500. The van der Waals surface area contributed by atoms with Crippen molar-refractivity contribution in [1.82, 2.24) is 19.9 Å². The molecule has 3 heterocycles. The van der Waals surface area contributed by atoms with Gasteiger partial charge in [-0.25, -0.2) is 9.97 Å². The highest BCUT2D eigenvalue weighted by atomic mass is 19.4. The van der Waals surface area contributed by atoms with E-state index in [4.69, 9.17) is 0 Å². The molecule has 0 aliphatic carbocycles. The Kier molecular flexibility index (Phi) is 3.86. The van der Waals surface area contributed by atoms with E-state index in [0.717, 1.165) is 19.5 Å². The van der Waals surface area contributed by atoms with E-state index < -0.39 is 12.0 Å². The predicted octanol–water partition coefficient (Wildman–Crippen LogP) is 2.19. The van der Waals surface area contributed by atoms with Gasteiger partial charge in [-0.2, -0.15) is 13.2 Å². The molecular weight excluding hydrogens is 295 g/mol. The second-order valence-electron chi connectivity index (χ2n) is 5.41. The number of nitrogens with zero attached hydrogens (tertiary/aromatic N) is 5. The topological polar surface area (TPSA) is 45.2 Å². The van der Waals surface area contributed by atoms with Gasteiger partial charge in [0.05, 0.1) is 11.7 Å². The molecule has 22 heavy (non-hydrogen) atoms. The maximum absolute atomic E-state index is 13.0. The minimum absolute atomic E-state index is 0.220. The molecule has 1 fully saturated rings. The maximum atomic E-state index is 13.0. The fourth-order valence-electron chi connectivity index (χ4n) is 2.59. The Morgan fingerprint density at radius 2 is 1.91 bits per heavy atom. The lowest BCUT2D eigenvalue weighted by Gasteiger charge is -2.23. The lowest BCUT2D eigenvalue weighted by molar-refractivity contribution is -0.144. The van der Waals surface area contributed by atoms with E-state index in [9.17, 15) is 13.2 Å². The second-order valence-corrected chi connectivity index (χ2v) is 5.41. The highest BCUT2D eigenvalue weighted by molar-refractivity contribution is 5.88. The quantitative estimate of drug-likeness (QED) is 0.808. The van der Waals surface area contributed by atoms with E-state index in [1.165, 1.54) is 6.20 Å². The van der Waals surface area contributed by atoms with Crippen LogP contribution in [0.4, 0.5) is 19.0 Å². The smallest absolute Gasteiger partial charge is 0.355 e. The van der Waals surface area contributed by atoms with Crippen LogP contribution in [0.3, 0.4) is 0 Å². The van der Waals surface area contributed by atoms with Gasteiger partial charge < -0.3 is 9.80 Å². The minimum atomic E-state index is -4.57. The molecule has 0 amide bonds. The van der Waals surface area contributed by atoms with Crippen molar-refractivity contribution in [3.8, 4) is 0 Å². The first-order chi connectivity index (χ1) is 10.4. The number of pyridine rings is 1. The predicted molar refractivity (Wildman–Crippen MR) is 76.7 cm³/mol. The van der Waals surface area contributed by atoms with Crippen molar-refractivity contribution in [2.24, 2.45) is 0 Å². The number of aromatic nitrogens is 3. The van der Waals surface area contributed by atoms with Gasteiger partial charge in [-0.1, -0.05) is 0 Å². The SMILES string of the molecule is CN1CCCN(c2nc(C(F)(F)F)nc3cnccc23)CC1. The largest absolute Gasteiger partial charge is 0.451 e. The number of rotatable bonds is 1. The first-order valence-electron chi connectivity index (χ1n) is 7.07. The second kappa shape index (κ2) is 5.68.